The van der Waals surface area contributed by atoms with Crippen LogP contribution < -0.4 is 10.2 Å². The van der Waals surface area contributed by atoms with Crippen LogP contribution in [-0.4, -0.2) is 35.0 Å². The number of nitrogens with one attached hydrogen (secondary N) is 1. The first-order chi connectivity index (χ1) is 8.56. The fraction of sp³-hybridized carbons (Fsp3) is 0.615. The summed E-state index contributed by atoms with van der Waals surface area (Å²) < 4.78 is 0. The topological polar surface area (TPSA) is 58.1 Å². The molecule has 1 aromatic rings. The van der Waals surface area contributed by atoms with Gasteiger partial charge in [0.15, 0.2) is 0 Å². The minimum Gasteiger partial charge on any atom is -0.349 e. The van der Waals surface area contributed by atoms with Gasteiger partial charge in [0.05, 0.1) is 0 Å². The van der Waals surface area contributed by atoms with Gasteiger partial charge in [-0.1, -0.05) is 0 Å². The molecule has 1 amide bonds. The number of rotatable bonds is 3. The zero-order valence-corrected chi connectivity index (χ0v) is 11.2. The second-order valence-electron chi connectivity index (χ2n) is 5.02. The van der Waals surface area contributed by atoms with Crippen molar-refractivity contribution < 1.29 is 4.79 Å². The van der Waals surface area contributed by atoms with Crippen LogP contribution in [0.4, 0.5) is 5.95 Å². The molecule has 0 atom stereocenters. The summed E-state index contributed by atoms with van der Waals surface area (Å²) in [6.07, 6.45) is 2.34. The maximum absolute atomic E-state index is 12.0. The first-order valence-corrected chi connectivity index (χ1v) is 6.48. The Balaban J connectivity index is 2.23. The van der Waals surface area contributed by atoms with E-state index in [-0.39, 0.29) is 11.9 Å². The zero-order chi connectivity index (χ0) is 13.1. The van der Waals surface area contributed by atoms with Gasteiger partial charge in [-0.05, 0) is 39.7 Å². The van der Waals surface area contributed by atoms with Crippen molar-refractivity contribution in [3.63, 3.8) is 0 Å². The lowest BCUT2D eigenvalue weighted by Crippen LogP contribution is -2.31. The summed E-state index contributed by atoms with van der Waals surface area (Å²) in [5.74, 6) is 0.553. The zero-order valence-electron chi connectivity index (χ0n) is 11.2. The number of aryl methyl sites for hydroxylation is 1. The Morgan fingerprint density at radius 2 is 2.00 bits per heavy atom. The van der Waals surface area contributed by atoms with E-state index in [1.807, 2.05) is 20.8 Å². The van der Waals surface area contributed by atoms with Crippen LogP contribution in [0.3, 0.4) is 0 Å². The molecule has 0 saturated carbocycles. The largest absolute Gasteiger partial charge is 0.349 e. The third-order valence-corrected chi connectivity index (χ3v) is 2.88. The molecule has 2 heterocycles. The van der Waals surface area contributed by atoms with Crippen molar-refractivity contribution in [2.45, 2.75) is 39.7 Å². The lowest BCUT2D eigenvalue weighted by Gasteiger charge is -2.16. The Labute approximate surface area is 108 Å². The van der Waals surface area contributed by atoms with E-state index in [1.165, 1.54) is 12.8 Å². The van der Waals surface area contributed by atoms with Crippen LogP contribution in [0.1, 0.15) is 42.9 Å². The molecule has 1 fully saturated rings. The Morgan fingerprint density at radius 1 is 1.33 bits per heavy atom. The average molecular weight is 248 g/mol. The molecule has 0 bridgehead atoms. The number of carbonyl (C=O) groups excluding carboxylic acids is 1. The van der Waals surface area contributed by atoms with E-state index in [0.717, 1.165) is 18.8 Å². The predicted octanol–water partition coefficient (Wildman–Crippen LogP) is 1.52. The first-order valence-electron chi connectivity index (χ1n) is 6.48. The smallest absolute Gasteiger partial charge is 0.270 e. The van der Waals surface area contributed by atoms with Crippen molar-refractivity contribution in [1.29, 1.82) is 0 Å². The number of anilines is 1. The van der Waals surface area contributed by atoms with E-state index >= 15 is 0 Å². The fourth-order valence-corrected chi connectivity index (χ4v) is 2.06. The molecule has 0 unspecified atom stereocenters. The predicted molar refractivity (Wildman–Crippen MR) is 70.8 cm³/mol. The summed E-state index contributed by atoms with van der Waals surface area (Å²) in [4.78, 5) is 22.9. The van der Waals surface area contributed by atoms with E-state index < -0.39 is 0 Å². The Morgan fingerprint density at radius 3 is 2.61 bits per heavy atom. The van der Waals surface area contributed by atoms with Gasteiger partial charge in [-0.15, -0.1) is 0 Å². The van der Waals surface area contributed by atoms with Crippen molar-refractivity contribution >= 4 is 11.9 Å². The van der Waals surface area contributed by atoms with E-state index in [9.17, 15) is 4.79 Å². The van der Waals surface area contributed by atoms with Gasteiger partial charge in [-0.25, -0.2) is 9.97 Å². The van der Waals surface area contributed by atoms with Crippen molar-refractivity contribution in [2.24, 2.45) is 0 Å². The lowest BCUT2D eigenvalue weighted by molar-refractivity contribution is 0.0938. The summed E-state index contributed by atoms with van der Waals surface area (Å²) in [6.45, 7) is 7.73. The van der Waals surface area contributed by atoms with Gasteiger partial charge in [0, 0.05) is 24.8 Å². The molecule has 5 heteroatoms. The quantitative estimate of drug-likeness (QED) is 0.881. The number of hydrogen-bond donors (Lipinski definition) is 1. The molecule has 0 spiro atoms. The number of carbonyl (C=O) groups is 1. The highest BCUT2D eigenvalue weighted by molar-refractivity contribution is 5.92. The van der Waals surface area contributed by atoms with Crippen molar-refractivity contribution in [2.75, 3.05) is 18.0 Å². The highest BCUT2D eigenvalue weighted by Crippen LogP contribution is 2.16. The van der Waals surface area contributed by atoms with Crippen molar-refractivity contribution in [1.82, 2.24) is 15.3 Å². The van der Waals surface area contributed by atoms with E-state index in [2.05, 4.69) is 20.2 Å². The molecular formula is C13H20N4O. The molecule has 0 aliphatic carbocycles. The molecule has 1 aromatic heterocycles. The third-order valence-electron chi connectivity index (χ3n) is 2.88. The summed E-state index contributed by atoms with van der Waals surface area (Å²) in [6, 6.07) is 1.85. The second kappa shape index (κ2) is 5.33. The third kappa shape index (κ3) is 2.97. The van der Waals surface area contributed by atoms with Crippen molar-refractivity contribution in [3.8, 4) is 0 Å². The van der Waals surface area contributed by atoms with Crippen molar-refractivity contribution in [3.05, 3.63) is 17.5 Å². The maximum atomic E-state index is 12.0. The highest BCUT2D eigenvalue weighted by atomic mass is 16.1. The molecule has 18 heavy (non-hydrogen) atoms. The van der Waals surface area contributed by atoms with Crippen LogP contribution in [-0.2, 0) is 0 Å². The fourth-order valence-electron chi connectivity index (χ4n) is 2.06. The van der Waals surface area contributed by atoms with Gasteiger partial charge in [0.2, 0.25) is 5.95 Å². The summed E-state index contributed by atoms with van der Waals surface area (Å²) in [7, 11) is 0. The van der Waals surface area contributed by atoms with Crippen LogP contribution in [0.25, 0.3) is 0 Å². The highest BCUT2D eigenvalue weighted by Gasteiger charge is 2.18. The Hall–Kier alpha value is -1.65. The molecule has 98 valence electrons. The number of hydrogen-bond acceptors (Lipinski definition) is 4. The van der Waals surface area contributed by atoms with Gasteiger partial charge in [0.1, 0.15) is 5.69 Å². The maximum Gasteiger partial charge on any atom is 0.270 e. The molecule has 1 aliphatic rings. The van der Waals surface area contributed by atoms with E-state index in [1.54, 1.807) is 6.07 Å². The van der Waals surface area contributed by atoms with Gasteiger partial charge in [-0.2, -0.15) is 0 Å². The van der Waals surface area contributed by atoms with Crippen LogP contribution in [0.15, 0.2) is 6.07 Å². The molecule has 1 saturated heterocycles. The van der Waals surface area contributed by atoms with Crippen LogP contribution in [0, 0.1) is 6.92 Å². The van der Waals surface area contributed by atoms with Crippen LogP contribution in [0.5, 0.6) is 0 Å². The molecule has 5 nitrogen and oxygen atoms in total. The number of nitrogens with zero attached hydrogens (tertiary/aromatic N) is 3. The standard InChI is InChI=1S/C13H20N4O/c1-9(2)14-12(18)11-8-10(3)15-13(16-11)17-6-4-5-7-17/h8-9H,4-7H2,1-3H3,(H,14,18). The van der Waals surface area contributed by atoms with Gasteiger partial charge in [0.25, 0.3) is 5.91 Å². The number of amides is 1. The summed E-state index contributed by atoms with van der Waals surface area (Å²) >= 11 is 0. The molecule has 1 aliphatic heterocycles. The molecule has 0 radical (unpaired) electrons. The van der Waals surface area contributed by atoms with E-state index in [4.69, 9.17) is 0 Å². The number of aromatic nitrogens is 2. The van der Waals surface area contributed by atoms with Gasteiger partial charge < -0.3 is 10.2 Å². The Kier molecular flexibility index (Phi) is 3.79. The normalized spacial score (nSPS) is 15.2. The molecular weight excluding hydrogens is 228 g/mol. The molecule has 0 aromatic carbocycles. The minimum atomic E-state index is -0.129. The Bertz CT molecular complexity index is 439. The monoisotopic (exact) mass is 248 g/mol. The van der Waals surface area contributed by atoms with Crippen LogP contribution >= 0.6 is 0 Å². The second-order valence-corrected chi connectivity index (χ2v) is 5.02. The minimum absolute atomic E-state index is 0.114. The average Bonchev–Trinajstić information content (AvgIpc) is 2.80. The van der Waals surface area contributed by atoms with E-state index in [0.29, 0.717) is 11.6 Å². The lowest BCUT2D eigenvalue weighted by atomic mass is 10.3. The molecule has 2 rings (SSSR count). The SMILES string of the molecule is Cc1cc(C(=O)NC(C)C)nc(N2CCCC2)n1. The summed E-state index contributed by atoms with van der Waals surface area (Å²) in [5.41, 5.74) is 1.29. The summed E-state index contributed by atoms with van der Waals surface area (Å²) in [5, 5.41) is 2.86. The first kappa shape index (κ1) is 12.8. The van der Waals surface area contributed by atoms with Gasteiger partial charge in [-0.3, -0.25) is 4.79 Å². The molecule has 1 N–H and O–H groups in total. The van der Waals surface area contributed by atoms with Crippen LogP contribution in [0.2, 0.25) is 0 Å². The van der Waals surface area contributed by atoms with Gasteiger partial charge >= 0.3 is 0 Å².